The van der Waals surface area contributed by atoms with Crippen LogP contribution in [0, 0.1) is 0 Å². The molecule has 1 atom stereocenters. The minimum absolute atomic E-state index is 0.118. The Balaban J connectivity index is 2.08. The van der Waals surface area contributed by atoms with E-state index in [1.54, 1.807) is 7.11 Å². The van der Waals surface area contributed by atoms with Gasteiger partial charge in [0.25, 0.3) is 0 Å². The Hall–Kier alpha value is -1.52. The third kappa shape index (κ3) is 1.87. The number of aryl methyl sites for hydroxylation is 1. The van der Waals surface area contributed by atoms with Crippen molar-refractivity contribution in [1.29, 1.82) is 0 Å². The normalized spacial score (nSPS) is 20.2. The van der Waals surface area contributed by atoms with E-state index in [0.29, 0.717) is 0 Å². The zero-order valence-corrected chi connectivity index (χ0v) is 10.8. The maximum Gasteiger partial charge on any atom is 0.128 e. The first-order valence-electron chi connectivity index (χ1n) is 6.25. The first-order valence-corrected chi connectivity index (χ1v) is 6.25. The predicted octanol–water partition coefficient (Wildman–Crippen LogP) is 1.85. The van der Waals surface area contributed by atoms with E-state index >= 15 is 0 Å². The molecule has 18 heavy (non-hydrogen) atoms. The van der Waals surface area contributed by atoms with Crippen molar-refractivity contribution < 1.29 is 9.47 Å². The van der Waals surface area contributed by atoms with Crippen LogP contribution in [-0.4, -0.2) is 31.4 Å². The van der Waals surface area contributed by atoms with E-state index in [4.69, 9.17) is 9.47 Å². The van der Waals surface area contributed by atoms with Crippen molar-refractivity contribution in [3.8, 4) is 5.75 Å². The fraction of sp³-hybridized carbons (Fsp3) is 0.429. The number of aromatic nitrogens is 1. The maximum absolute atomic E-state index is 5.80. The molecule has 4 heteroatoms. The molecule has 0 amide bonds. The Morgan fingerprint density at radius 3 is 3.06 bits per heavy atom. The number of rotatable bonds is 2. The fourth-order valence-electron chi connectivity index (χ4n) is 2.49. The summed E-state index contributed by atoms with van der Waals surface area (Å²) < 4.78 is 13.4. The molecular formula is C14H18N2O2. The van der Waals surface area contributed by atoms with E-state index in [1.807, 2.05) is 7.05 Å². The number of benzene rings is 1. The number of nitrogens with one attached hydrogen (secondary N) is 1. The van der Waals surface area contributed by atoms with Gasteiger partial charge in [0.2, 0.25) is 0 Å². The summed E-state index contributed by atoms with van der Waals surface area (Å²) in [5.41, 5.74) is 2.35. The molecule has 0 spiro atoms. The van der Waals surface area contributed by atoms with Crippen LogP contribution >= 0.6 is 0 Å². The monoisotopic (exact) mass is 246 g/mol. The van der Waals surface area contributed by atoms with Crippen LogP contribution in [0.3, 0.4) is 0 Å². The second-order valence-electron chi connectivity index (χ2n) is 4.65. The van der Waals surface area contributed by atoms with Crippen LogP contribution in [-0.2, 0) is 11.8 Å². The average molecular weight is 246 g/mol. The molecule has 2 aromatic rings. The summed E-state index contributed by atoms with van der Waals surface area (Å²) in [6.07, 6.45) is 2.17. The first kappa shape index (κ1) is 11.6. The molecule has 1 fully saturated rings. The molecule has 1 aromatic carbocycles. The van der Waals surface area contributed by atoms with Crippen molar-refractivity contribution in [3.05, 3.63) is 30.0 Å². The lowest BCUT2D eigenvalue weighted by atomic mass is 10.1. The Morgan fingerprint density at radius 1 is 1.44 bits per heavy atom. The molecule has 1 aromatic heterocycles. The highest BCUT2D eigenvalue weighted by Crippen LogP contribution is 2.31. The minimum Gasteiger partial charge on any atom is -0.496 e. The van der Waals surface area contributed by atoms with Crippen LogP contribution < -0.4 is 10.1 Å². The lowest BCUT2D eigenvalue weighted by Crippen LogP contribution is -2.33. The molecule has 1 unspecified atom stereocenters. The molecule has 4 nitrogen and oxygen atoms in total. The van der Waals surface area contributed by atoms with Crippen LogP contribution in [0.4, 0.5) is 0 Å². The molecule has 0 saturated carbocycles. The minimum atomic E-state index is 0.118. The van der Waals surface area contributed by atoms with Crippen LogP contribution in [0.15, 0.2) is 24.4 Å². The lowest BCUT2D eigenvalue weighted by Gasteiger charge is -2.24. The van der Waals surface area contributed by atoms with Gasteiger partial charge in [0.1, 0.15) is 5.75 Å². The smallest absolute Gasteiger partial charge is 0.128 e. The van der Waals surface area contributed by atoms with E-state index < -0.39 is 0 Å². The third-order valence-corrected chi connectivity index (χ3v) is 3.51. The summed E-state index contributed by atoms with van der Waals surface area (Å²) in [6, 6.07) is 6.35. The number of ether oxygens (including phenoxy) is 2. The highest BCUT2D eigenvalue weighted by Gasteiger charge is 2.18. The number of morpholine rings is 1. The quantitative estimate of drug-likeness (QED) is 0.878. The second kappa shape index (κ2) is 4.63. The summed E-state index contributed by atoms with van der Waals surface area (Å²) in [7, 11) is 3.76. The molecule has 1 N–H and O–H groups in total. The van der Waals surface area contributed by atoms with E-state index in [2.05, 4.69) is 34.3 Å². The predicted molar refractivity (Wildman–Crippen MR) is 71.0 cm³/mol. The molecule has 0 radical (unpaired) electrons. The second-order valence-corrected chi connectivity index (χ2v) is 4.65. The van der Waals surface area contributed by atoms with Crippen LogP contribution in [0.5, 0.6) is 5.75 Å². The van der Waals surface area contributed by atoms with Gasteiger partial charge in [0.05, 0.1) is 25.3 Å². The number of hydrogen-bond acceptors (Lipinski definition) is 3. The van der Waals surface area contributed by atoms with Crippen molar-refractivity contribution in [3.63, 3.8) is 0 Å². The molecule has 1 aliphatic rings. The molecule has 0 aliphatic carbocycles. The van der Waals surface area contributed by atoms with Gasteiger partial charge in [-0.3, -0.25) is 0 Å². The summed E-state index contributed by atoms with van der Waals surface area (Å²) in [5.74, 6) is 0.914. The summed E-state index contributed by atoms with van der Waals surface area (Å²) >= 11 is 0. The molecule has 0 bridgehead atoms. The zero-order chi connectivity index (χ0) is 12.5. The van der Waals surface area contributed by atoms with Crippen molar-refractivity contribution in [2.45, 2.75) is 6.10 Å². The van der Waals surface area contributed by atoms with Crippen molar-refractivity contribution in [2.75, 3.05) is 26.8 Å². The average Bonchev–Trinajstić information content (AvgIpc) is 2.81. The number of hydrogen-bond donors (Lipinski definition) is 1. The number of methoxy groups -OCH3 is 1. The van der Waals surface area contributed by atoms with Gasteiger partial charge in [-0.05, 0) is 23.8 Å². The van der Waals surface area contributed by atoms with Gasteiger partial charge in [-0.15, -0.1) is 0 Å². The number of nitrogens with zero attached hydrogens (tertiary/aromatic N) is 1. The zero-order valence-electron chi connectivity index (χ0n) is 10.8. The number of fused-ring (bicyclic) bond motifs is 1. The van der Waals surface area contributed by atoms with Gasteiger partial charge in [-0.25, -0.2) is 0 Å². The van der Waals surface area contributed by atoms with Gasteiger partial charge < -0.3 is 19.4 Å². The van der Waals surface area contributed by atoms with Gasteiger partial charge in [-0.1, -0.05) is 0 Å². The van der Waals surface area contributed by atoms with E-state index in [9.17, 15) is 0 Å². The Bertz CT molecular complexity index is 556. The van der Waals surface area contributed by atoms with E-state index in [-0.39, 0.29) is 6.10 Å². The van der Waals surface area contributed by atoms with Crippen molar-refractivity contribution in [2.24, 2.45) is 7.05 Å². The topological polar surface area (TPSA) is 35.4 Å². The van der Waals surface area contributed by atoms with E-state index in [1.165, 1.54) is 11.1 Å². The van der Waals surface area contributed by atoms with Crippen molar-refractivity contribution >= 4 is 10.9 Å². The largest absolute Gasteiger partial charge is 0.496 e. The SMILES string of the molecule is COc1cc(C2CNCCO2)cc2c1ccn2C. The van der Waals surface area contributed by atoms with Gasteiger partial charge in [-0.2, -0.15) is 0 Å². The van der Waals surface area contributed by atoms with Gasteiger partial charge >= 0.3 is 0 Å². The summed E-state index contributed by atoms with van der Waals surface area (Å²) in [4.78, 5) is 0. The molecule has 3 rings (SSSR count). The van der Waals surface area contributed by atoms with Crippen LogP contribution in [0.2, 0.25) is 0 Å². The maximum atomic E-state index is 5.80. The van der Waals surface area contributed by atoms with Crippen molar-refractivity contribution in [1.82, 2.24) is 9.88 Å². The van der Waals surface area contributed by atoms with E-state index in [0.717, 1.165) is 30.8 Å². The fourth-order valence-corrected chi connectivity index (χ4v) is 2.49. The summed E-state index contributed by atoms with van der Waals surface area (Å²) in [5, 5.41) is 4.50. The molecular weight excluding hydrogens is 228 g/mol. The van der Waals surface area contributed by atoms with Gasteiger partial charge in [0.15, 0.2) is 0 Å². The highest BCUT2D eigenvalue weighted by molar-refractivity contribution is 5.87. The Labute approximate surface area is 106 Å². The first-order chi connectivity index (χ1) is 8.79. The Morgan fingerprint density at radius 2 is 2.33 bits per heavy atom. The molecule has 1 aliphatic heterocycles. The van der Waals surface area contributed by atoms with Crippen LogP contribution in [0.1, 0.15) is 11.7 Å². The standard InChI is InChI=1S/C14H18N2O2/c1-16-5-3-11-12(16)7-10(8-13(11)17-2)14-9-15-4-6-18-14/h3,5,7-8,14-15H,4,6,9H2,1-2H3. The summed E-state index contributed by atoms with van der Waals surface area (Å²) in [6.45, 7) is 2.55. The molecule has 1 saturated heterocycles. The van der Waals surface area contributed by atoms with Gasteiger partial charge in [0, 0.05) is 31.7 Å². The van der Waals surface area contributed by atoms with Crippen LogP contribution in [0.25, 0.3) is 10.9 Å². The lowest BCUT2D eigenvalue weighted by molar-refractivity contribution is 0.0276. The molecule has 96 valence electrons. The molecule has 2 heterocycles. The third-order valence-electron chi connectivity index (χ3n) is 3.51. The highest BCUT2D eigenvalue weighted by atomic mass is 16.5. The Kier molecular flexibility index (Phi) is 2.97.